The van der Waals surface area contributed by atoms with Crippen LogP contribution in [0.1, 0.15) is 37.7 Å². The maximum absolute atomic E-state index is 13.1. The van der Waals surface area contributed by atoms with Gasteiger partial charge in [-0.15, -0.1) is 0 Å². The zero-order valence-corrected chi connectivity index (χ0v) is 16.8. The fraction of sp³-hybridized carbons (Fsp3) is 0.444. The smallest absolute Gasteiger partial charge is 0.370 e. The third-order valence-electron chi connectivity index (χ3n) is 4.60. The molecule has 0 bridgehead atoms. The van der Waals surface area contributed by atoms with E-state index in [0.717, 1.165) is 11.9 Å². The van der Waals surface area contributed by atoms with Crippen LogP contribution in [-0.4, -0.2) is 36.1 Å². The van der Waals surface area contributed by atoms with E-state index in [0.29, 0.717) is 17.9 Å². The van der Waals surface area contributed by atoms with Gasteiger partial charge >= 0.3 is 6.18 Å². The zero-order valence-electron chi connectivity index (χ0n) is 16.8. The van der Waals surface area contributed by atoms with Gasteiger partial charge in [0.05, 0.1) is 22.6 Å². The summed E-state index contributed by atoms with van der Waals surface area (Å²) in [5.74, 6) is -0.215. The van der Waals surface area contributed by atoms with E-state index in [9.17, 15) is 13.2 Å². The highest BCUT2D eigenvalue weighted by Gasteiger charge is 2.35. The van der Waals surface area contributed by atoms with Crippen LogP contribution < -0.4 is 10.6 Å². The van der Waals surface area contributed by atoms with Crippen molar-refractivity contribution >= 4 is 17.5 Å². The molecule has 0 aromatic carbocycles. The lowest BCUT2D eigenvalue weighted by molar-refractivity contribution is -0.137. The Morgan fingerprint density at radius 1 is 1.21 bits per heavy atom. The van der Waals surface area contributed by atoms with E-state index in [1.807, 2.05) is 27.0 Å². The fourth-order valence-corrected chi connectivity index (χ4v) is 3.03. The standard InChI is InChI=1S/C18H23F3N8/c1-6-22-15-12(18(19,20)21)9-23-16(26-15)25-13-10-29(27-11(13)2)17(3,4)14-7-8-24-28(14)5/h7-10H,6H2,1-5H3,(H2,22,23,25,26). The van der Waals surface area contributed by atoms with Crippen molar-refractivity contribution in [1.29, 1.82) is 0 Å². The van der Waals surface area contributed by atoms with Crippen molar-refractivity contribution in [3.63, 3.8) is 0 Å². The lowest BCUT2D eigenvalue weighted by Gasteiger charge is -2.25. The number of hydrogen-bond acceptors (Lipinski definition) is 6. The van der Waals surface area contributed by atoms with Gasteiger partial charge in [-0.3, -0.25) is 9.36 Å². The molecule has 0 radical (unpaired) electrons. The third kappa shape index (κ3) is 4.03. The molecule has 0 spiro atoms. The van der Waals surface area contributed by atoms with Crippen molar-refractivity contribution in [3.05, 3.63) is 41.6 Å². The summed E-state index contributed by atoms with van der Waals surface area (Å²) in [5.41, 5.74) is 0.809. The molecule has 0 amide bonds. The molecule has 8 nitrogen and oxygen atoms in total. The molecule has 3 aromatic rings. The first-order chi connectivity index (χ1) is 13.5. The minimum Gasteiger partial charge on any atom is -0.370 e. The first-order valence-corrected chi connectivity index (χ1v) is 9.04. The highest BCUT2D eigenvalue weighted by Crippen LogP contribution is 2.34. The normalized spacial score (nSPS) is 12.3. The highest BCUT2D eigenvalue weighted by molar-refractivity contribution is 5.58. The van der Waals surface area contributed by atoms with E-state index in [2.05, 4.69) is 30.8 Å². The molecule has 0 aliphatic heterocycles. The van der Waals surface area contributed by atoms with Crippen molar-refractivity contribution in [2.24, 2.45) is 7.05 Å². The topological polar surface area (TPSA) is 85.5 Å². The number of aryl methyl sites for hydroxylation is 2. The second kappa shape index (κ2) is 7.37. The van der Waals surface area contributed by atoms with Gasteiger partial charge in [0, 0.05) is 32.2 Å². The summed E-state index contributed by atoms with van der Waals surface area (Å²) in [5, 5.41) is 14.4. The molecule has 2 N–H and O–H groups in total. The number of halogens is 3. The molecule has 3 heterocycles. The van der Waals surface area contributed by atoms with E-state index in [-0.39, 0.29) is 11.8 Å². The predicted octanol–water partition coefficient (Wildman–Crippen LogP) is 3.69. The van der Waals surface area contributed by atoms with Gasteiger partial charge in [-0.25, -0.2) is 4.98 Å². The average molecular weight is 408 g/mol. The van der Waals surface area contributed by atoms with E-state index < -0.39 is 17.3 Å². The van der Waals surface area contributed by atoms with Crippen LogP contribution in [0.2, 0.25) is 0 Å². The Balaban J connectivity index is 1.92. The number of alkyl halides is 3. The van der Waals surface area contributed by atoms with Crippen LogP contribution >= 0.6 is 0 Å². The van der Waals surface area contributed by atoms with Gasteiger partial charge in [0.1, 0.15) is 11.4 Å². The molecule has 0 unspecified atom stereocenters. The monoisotopic (exact) mass is 408 g/mol. The number of hydrogen-bond donors (Lipinski definition) is 2. The molecule has 3 aromatic heterocycles. The van der Waals surface area contributed by atoms with Crippen LogP contribution in [0, 0.1) is 6.92 Å². The van der Waals surface area contributed by atoms with Crippen LogP contribution in [0.5, 0.6) is 0 Å². The largest absolute Gasteiger partial charge is 0.421 e. The summed E-state index contributed by atoms with van der Waals surface area (Å²) in [7, 11) is 1.85. The number of anilines is 3. The van der Waals surface area contributed by atoms with Gasteiger partial charge < -0.3 is 10.6 Å². The zero-order chi connectivity index (χ0) is 21.4. The summed E-state index contributed by atoms with van der Waals surface area (Å²) in [6.45, 7) is 7.79. The van der Waals surface area contributed by atoms with E-state index >= 15 is 0 Å². The summed E-state index contributed by atoms with van der Waals surface area (Å²) < 4.78 is 43.0. The Morgan fingerprint density at radius 3 is 2.52 bits per heavy atom. The number of nitrogens with one attached hydrogen (secondary N) is 2. The minimum absolute atomic E-state index is 0.0509. The molecule has 3 rings (SSSR count). The lowest BCUT2D eigenvalue weighted by Crippen LogP contribution is -2.30. The van der Waals surface area contributed by atoms with Gasteiger partial charge in [0.15, 0.2) is 0 Å². The third-order valence-corrected chi connectivity index (χ3v) is 4.60. The first-order valence-electron chi connectivity index (χ1n) is 9.04. The molecular weight excluding hydrogens is 385 g/mol. The number of nitrogens with zero attached hydrogens (tertiary/aromatic N) is 6. The van der Waals surface area contributed by atoms with Crippen LogP contribution in [0.15, 0.2) is 24.7 Å². The van der Waals surface area contributed by atoms with Gasteiger partial charge in [0.25, 0.3) is 0 Å². The maximum atomic E-state index is 13.1. The molecule has 0 atom stereocenters. The van der Waals surface area contributed by atoms with Crippen molar-refractivity contribution in [1.82, 2.24) is 29.5 Å². The fourth-order valence-electron chi connectivity index (χ4n) is 3.03. The molecule has 156 valence electrons. The Hall–Kier alpha value is -3.11. The average Bonchev–Trinajstić information content (AvgIpc) is 3.21. The van der Waals surface area contributed by atoms with Crippen molar-refractivity contribution in [2.45, 2.75) is 39.4 Å². The Morgan fingerprint density at radius 2 is 1.93 bits per heavy atom. The van der Waals surface area contributed by atoms with Crippen LogP contribution in [0.3, 0.4) is 0 Å². The lowest BCUT2D eigenvalue weighted by atomic mass is 10.0. The number of rotatable bonds is 6. The molecular formula is C18H23F3N8. The SMILES string of the molecule is CCNc1nc(Nc2cn(C(C)(C)c3ccnn3C)nc2C)ncc1C(F)(F)F. The Bertz CT molecular complexity index is 1000. The van der Waals surface area contributed by atoms with Crippen molar-refractivity contribution in [3.8, 4) is 0 Å². The molecule has 0 saturated heterocycles. The van der Waals surface area contributed by atoms with E-state index in [1.54, 1.807) is 35.6 Å². The summed E-state index contributed by atoms with van der Waals surface area (Å²) in [6, 6.07) is 1.91. The molecule has 11 heteroatoms. The van der Waals surface area contributed by atoms with Gasteiger partial charge in [-0.1, -0.05) is 0 Å². The van der Waals surface area contributed by atoms with E-state index in [4.69, 9.17) is 0 Å². The molecule has 29 heavy (non-hydrogen) atoms. The number of aromatic nitrogens is 6. The maximum Gasteiger partial charge on any atom is 0.421 e. The molecule has 0 fully saturated rings. The van der Waals surface area contributed by atoms with Gasteiger partial charge in [-0.05, 0) is 33.8 Å². The predicted molar refractivity (Wildman–Crippen MR) is 103 cm³/mol. The quantitative estimate of drug-likeness (QED) is 0.647. The van der Waals surface area contributed by atoms with Gasteiger partial charge in [-0.2, -0.15) is 28.4 Å². The second-order valence-corrected chi connectivity index (χ2v) is 7.08. The Labute approximate surface area is 166 Å². The summed E-state index contributed by atoms with van der Waals surface area (Å²) in [4.78, 5) is 7.82. The highest BCUT2D eigenvalue weighted by atomic mass is 19.4. The Kier molecular flexibility index (Phi) is 5.24. The summed E-state index contributed by atoms with van der Waals surface area (Å²) >= 11 is 0. The molecule has 0 aliphatic carbocycles. The van der Waals surface area contributed by atoms with Crippen molar-refractivity contribution < 1.29 is 13.2 Å². The summed E-state index contributed by atoms with van der Waals surface area (Å²) in [6.07, 6.45) is -0.280. The van der Waals surface area contributed by atoms with Crippen LogP contribution in [0.4, 0.5) is 30.6 Å². The van der Waals surface area contributed by atoms with Gasteiger partial charge in [0.2, 0.25) is 5.95 Å². The molecule has 0 saturated carbocycles. The minimum atomic E-state index is -4.54. The van der Waals surface area contributed by atoms with Crippen LogP contribution in [0.25, 0.3) is 0 Å². The molecule has 0 aliphatic rings. The second-order valence-electron chi connectivity index (χ2n) is 7.08. The first kappa shape index (κ1) is 20.6. The van der Waals surface area contributed by atoms with Crippen LogP contribution in [-0.2, 0) is 18.8 Å². The van der Waals surface area contributed by atoms with E-state index in [1.165, 1.54) is 0 Å². The van der Waals surface area contributed by atoms with Crippen molar-refractivity contribution in [2.75, 3.05) is 17.2 Å².